The summed E-state index contributed by atoms with van der Waals surface area (Å²) >= 11 is 0. The van der Waals surface area contributed by atoms with Gasteiger partial charge in [0.2, 0.25) is 11.8 Å². The summed E-state index contributed by atoms with van der Waals surface area (Å²) in [6.45, 7) is 3.78. The first-order chi connectivity index (χ1) is 11.7. The first kappa shape index (κ1) is 14.5. The van der Waals surface area contributed by atoms with Crippen LogP contribution in [-0.2, 0) is 0 Å². The van der Waals surface area contributed by atoms with Crippen molar-refractivity contribution in [2.24, 2.45) is 0 Å². The molecule has 2 aromatic carbocycles. The van der Waals surface area contributed by atoms with E-state index in [1.165, 1.54) is 0 Å². The number of hydrogen-bond donors (Lipinski definition) is 0. The lowest BCUT2D eigenvalue weighted by molar-refractivity contribution is 0.542. The van der Waals surface area contributed by atoms with Crippen LogP contribution in [0.2, 0.25) is 0 Å². The SMILES string of the molecule is Cc1cnc(-c2ccc(-c3ccc(-c4ncc(C)o4)cc3)cc2)o1. The molecule has 24 heavy (non-hydrogen) atoms. The Morgan fingerprint density at radius 3 is 1.17 bits per heavy atom. The summed E-state index contributed by atoms with van der Waals surface area (Å²) < 4.78 is 11.1. The van der Waals surface area contributed by atoms with Crippen LogP contribution in [0.15, 0.2) is 69.8 Å². The van der Waals surface area contributed by atoms with Gasteiger partial charge in [0.05, 0.1) is 12.4 Å². The van der Waals surface area contributed by atoms with Crippen LogP contribution in [0.4, 0.5) is 0 Å². The van der Waals surface area contributed by atoms with E-state index in [9.17, 15) is 0 Å². The molecule has 2 heterocycles. The van der Waals surface area contributed by atoms with Crippen molar-refractivity contribution in [2.75, 3.05) is 0 Å². The highest BCUT2D eigenvalue weighted by molar-refractivity contribution is 5.69. The third-order valence-corrected chi connectivity index (χ3v) is 3.84. The van der Waals surface area contributed by atoms with Gasteiger partial charge in [-0.25, -0.2) is 9.97 Å². The van der Waals surface area contributed by atoms with Crippen LogP contribution in [0, 0.1) is 13.8 Å². The Hall–Kier alpha value is -3.14. The smallest absolute Gasteiger partial charge is 0.226 e. The average molecular weight is 316 g/mol. The van der Waals surface area contributed by atoms with Crippen LogP contribution < -0.4 is 0 Å². The quantitative estimate of drug-likeness (QED) is 0.516. The summed E-state index contributed by atoms with van der Waals surface area (Å²) in [5, 5.41) is 0. The summed E-state index contributed by atoms with van der Waals surface area (Å²) in [4.78, 5) is 8.50. The highest BCUT2D eigenvalue weighted by atomic mass is 16.4. The minimum atomic E-state index is 0.647. The fraction of sp³-hybridized carbons (Fsp3) is 0.100. The maximum absolute atomic E-state index is 5.55. The Morgan fingerprint density at radius 2 is 0.875 bits per heavy atom. The zero-order valence-corrected chi connectivity index (χ0v) is 13.5. The minimum absolute atomic E-state index is 0.647. The lowest BCUT2D eigenvalue weighted by Crippen LogP contribution is -1.82. The summed E-state index contributed by atoms with van der Waals surface area (Å²) in [6.07, 6.45) is 3.46. The molecule has 0 fully saturated rings. The largest absolute Gasteiger partial charge is 0.441 e. The molecule has 4 heteroatoms. The molecular formula is C20H16N2O2. The van der Waals surface area contributed by atoms with Crippen molar-refractivity contribution >= 4 is 0 Å². The number of oxazole rings is 2. The number of benzene rings is 2. The lowest BCUT2D eigenvalue weighted by Gasteiger charge is -2.04. The van der Waals surface area contributed by atoms with E-state index in [2.05, 4.69) is 34.2 Å². The monoisotopic (exact) mass is 316 g/mol. The molecule has 0 spiro atoms. The van der Waals surface area contributed by atoms with Crippen molar-refractivity contribution < 1.29 is 8.83 Å². The Labute approximate surface area is 139 Å². The van der Waals surface area contributed by atoms with Crippen LogP contribution in [0.25, 0.3) is 34.0 Å². The summed E-state index contributed by atoms with van der Waals surface area (Å²) in [5.41, 5.74) is 4.21. The molecular weight excluding hydrogens is 300 g/mol. The lowest BCUT2D eigenvalue weighted by atomic mass is 10.0. The van der Waals surface area contributed by atoms with E-state index in [-0.39, 0.29) is 0 Å². The molecule has 0 aliphatic heterocycles. The molecule has 0 aliphatic rings. The van der Waals surface area contributed by atoms with Gasteiger partial charge >= 0.3 is 0 Å². The zero-order chi connectivity index (χ0) is 16.5. The third-order valence-electron chi connectivity index (χ3n) is 3.84. The van der Waals surface area contributed by atoms with Crippen LogP contribution in [0.1, 0.15) is 11.5 Å². The van der Waals surface area contributed by atoms with Crippen molar-refractivity contribution in [3.8, 4) is 34.0 Å². The Kier molecular flexibility index (Phi) is 3.50. The second-order valence-electron chi connectivity index (χ2n) is 5.71. The van der Waals surface area contributed by atoms with E-state index in [1.54, 1.807) is 12.4 Å². The number of aryl methyl sites for hydroxylation is 2. The van der Waals surface area contributed by atoms with Gasteiger partial charge in [0.1, 0.15) is 11.5 Å². The zero-order valence-electron chi connectivity index (χ0n) is 13.5. The summed E-state index contributed by atoms with van der Waals surface area (Å²) in [5.74, 6) is 2.92. The summed E-state index contributed by atoms with van der Waals surface area (Å²) in [6, 6.07) is 16.4. The maximum Gasteiger partial charge on any atom is 0.226 e. The van der Waals surface area contributed by atoms with Crippen LogP contribution in [0.5, 0.6) is 0 Å². The number of rotatable bonds is 3. The fourth-order valence-electron chi connectivity index (χ4n) is 2.59. The van der Waals surface area contributed by atoms with Crippen LogP contribution in [0.3, 0.4) is 0 Å². The van der Waals surface area contributed by atoms with Crippen LogP contribution in [-0.4, -0.2) is 9.97 Å². The molecule has 4 aromatic rings. The maximum atomic E-state index is 5.55. The molecule has 4 rings (SSSR count). The van der Waals surface area contributed by atoms with E-state index in [0.717, 1.165) is 33.8 Å². The molecule has 0 amide bonds. The predicted octanol–water partition coefficient (Wildman–Crippen LogP) is 5.28. The topological polar surface area (TPSA) is 52.1 Å². The standard InChI is InChI=1S/C20H16N2O2/c1-13-11-21-19(23-13)17-7-3-15(4-8-17)16-5-9-18(10-6-16)20-22-12-14(2)24-20/h3-12H,1-2H3. The molecule has 0 bridgehead atoms. The molecule has 0 saturated heterocycles. The molecule has 2 aromatic heterocycles. The van der Waals surface area contributed by atoms with E-state index in [1.807, 2.05) is 38.1 Å². The van der Waals surface area contributed by atoms with E-state index >= 15 is 0 Å². The third kappa shape index (κ3) is 2.74. The van der Waals surface area contributed by atoms with Crippen LogP contribution >= 0.6 is 0 Å². The average Bonchev–Trinajstić information content (AvgIpc) is 3.24. The van der Waals surface area contributed by atoms with Gasteiger partial charge in [-0.05, 0) is 49.2 Å². The molecule has 0 radical (unpaired) electrons. The van der Waals surface area contributed by atoms with E-state index in [0.29, 0.717) is 11.8 Å². The number of aromatic nitrogens is 2. The number of hydrogen-bond acceptors (Lipinski definition) is 4. The molecule has 4 nitrogen and oxygen atoms in total. The molecule has 0 N–H and O–H groups in total. The fourth-order valence-corrected chi connectivity index (χ4v) is 2.59. The van der Waals surface area contributed by atoms with Crippen molar-refractivity contribution in [1.82, 2.24) is 9.97 Å². The highest BCUT2D eigenvalue weighted by Gasteiger charge is 2.07. The molecule has 0 aliphatic carbocycles. The van der Waals surface area contributed by atoms with E-state index in [4.69, 9.17) is 8.83 Å². The van der Waals surface area contributed by atoms with Gasteiger partial charge in [-0.15, -0.1) is 0 Å². The highest BCUT2D eigenvalue weighted by Crippen LogP contribution is 2.27. The van der Waals surface area contributed by atoms with Gasteiger partial charge in [0.25, 0.3) is 0 Å². The molecule has 0 unspecified atom stereocenters. The van der Waals surface area contributed by atoms with Crippen molar-refractivity contribution in [3.05, 3.63) is 72.4 Å². The van der Waals surface area contributed by atoms with Crippen molar-refractivity contribution in [2.45, 2.75) is 13.8 Å². The van der Waals surface area contributed by atoms with Gasteiger partial charge in [0.15, 0.2) is 0 Å². The normalized spacial score (nSPS) is 10.9. The van der Waals surface area contributed by atoms with Gasteiger partial charge in [-0.2, -0.15) is 0 Å². The molecule has 118 valence electrons. The Morgan fingerprint density at radius 1 is 0.542 bits per heavy atom. The first-order valence-corrected chi connectivity index (χ1v) is 7.75. The Balaban J connectivity index is 1.59. The van der Waals surface area contributed by atoms with Gasteiger partial charge in [-0.1, -0.05) is 24.3 Å². The van der Waals surface area contributed by atoms with Gasteiger partial charge in [0, 0.05) is 11.1 Å². The van der Waals surface area contributed by atoms with Gasteiger partial charge in [-0.3, -0.25) is 0 Å². The molecule has 0 atom stereocenters. The van der Waals surface area contributed by atoms with Gasteiger partial charge < -0.3 is 8.83 Å². The first-order valence-electron chi connectivity index (χ1n) is 7.75. The van der Waals surface area contributed by atoms with Crippen molar-refractivity contribution in [1.29, 1.82) is 0 Å². The second kappa shape index (κ2) is 5.81. The minimum Gasteiger partial charge on any atom is -0.441 e. The van der Waals surface area contributed by atoms with E-state index < -0.39 is 0 Å². The van der Waals surface area contributed by atoms with Crippen molar-refractivity contribution in [3.63, 3.8) is 0 Å². The molecule has 0 saturated carbocycles. The Bertz CT molecular complexity index is 882. The second-order valence-corrected chi connectivity index (χ2v) is 5.71. The summed E-state index contributed by atoms with van der Waals surface area (Å²) in [7, 11) is 0. The predicted molar refractivity (Wildman–Crippen MR) is 92.3 cm³/mol. The number of nitrogens with zero attached hydrogens (tertiary/aromatic N) is 2.